The predicted molar refractivity (Wildman–Crippen MR) is 106 cm³/mol. The molecular weight excluding hydrogens is 390 g/mol. The molecule has 0 bridgehead atoms. The van der Waals surface area contributed by atoms with Crippen LogP contribution in [0.3, 0.4) is 0 Å². The summed E-state index contributed by atoms with van der Waals surface area (Å²) in [6.45, 7) is 0. The van der Waals surface area contributed by atoms with Gasteiger partial charge in [0.05, 0.1) is 19.9 Å². The second-order valence-electron chi connectivity index (χ2n) is 6.89. The van der Waals surface area contributed by atoms with Crippen LogP contribution in [0.5, 0.6) is 11.5 Å². The summed E-state index contributed by atoms with van der Waals surface area (Å²) < 4.78 is 41.2. The lowest BCUT2D eigenvalue weighted by molar-refractivity contribution is 0.354. The van der Waals surface area contributed by atoms with Gasteiger partial charge in [-0.2, -0.15) is 10.4 Å². The number of nitriles is 1. The average Bonchev–Trinajstić information content (AvgIpc) is 3.33. The van der Waals surface area contributed by atoms with E-state index in [2.05, 4.69) is 16.2 Å². The van der Waals surface area contributed by atoms with E-state index in [1.165, 1.54) is 20.3 Å². The van der Waals surface area contributed by atoms with Gasteiger partial charge in [0.15, 0.2) is 28.8 Å². The molecule has 0 fully saturated rings. The molecule has 0 unspecified atom stereocenters. The fraction of sp³-hybridized carbons (Fsp3) is 0.227. The van der Waals surface area contributed by atoms with Crippen LogP contribution in [-0.2, 0) is 19.9 Å². The highest BCUT2D eigenvalue weighted by Crippen LogP contribution is 2.37. The number of allylic oxidation sites excluding steroid dienone is 2. The minimum absolute atomic E-state index is 0.0154. The Morgan fingerprint density at radius 1 is 1.13 bits per heavy atom. The van der Waals surface area contributed by atoms with Crippen LogP contribution < -0.4 is 9.47 Å². The summed E-state index contributed by atoms with van der Waals surface area (Å²) in [6, 6.07) is 5.14. The van der Waals surface area contributed by atoms with Crippen LogP contribution in [0.15, 0.2) is 30.6 Å². The van der Waals surface area contributed by atoms with Gasteiger partial charge in [0.25, 0.3) is 0 Å². The fourth-order valence-corrected chi connectivity index (χ4v) is 3.64. The molecule has 3 aromatic rings. The van der Waals surface area contributed by atoms with E-state index in [4.69, 9.17) is 9.47 Å². The first-order valence-corrected chi connectivity index (χ1v) is 9.18. The van der Waals surface area contributed by atoms with E-state index in [0.29, 0.717) is 12.0 Å². The monoisotopic (exact) mass is 408 g/mol. The molecule has 1 aliphatic rings. The molecule has 0 saturated heterocycles. The Morgan fingerprint density at radius 3 is 2.47 bits per heavy atom. The molecule has 8 heteroatoms. The molecular formula is C22H18F2N4O2. The molecule has 0 saturated carbocycles. The van der Waals surface area contributed by atoms with E-state index in [0.717, 1.165) is 22.4 Å². The van der Waals surface area contributed by atoms with E-state index in [-0.39, 0.29) is 29.2 Å². The van der Waals surface area contributed by atoms with Gasteiger partial charge in [-0.05, 0) is 11.6 Å². The molecule has 152 valence electrons. The number of methoxy groups -OCH3 is 2. The zero-order valence-electron chi connectivity index (χ0n) is 16.7. The standard InChI is InChI=1S/C22H18F2N4O2/c1-28-11-16(18(9-25)27-28)13-7-14-12(4-5-17(14)26-10-13)6-15-21(23)19(29-2)8-20(30-3)22(15)24/h4,7-8,10-11H,5-6H2,1-3H3. The highest BCUT2D eigenvalue weighted by molar-refractivity contribution is 5.78. The average molecular weight is 408 g/mol. The topological polar surface area (TPSA) is 73.0 Å². The highest BCUT2D eigenvalue weighted by atomic mass is 19.1. The quantitative estimate of drug-likeness (QED) is 0.642. The Hall–Kier alpha value is -3.73. The summed E-state index contributed by atoms with van der Waals surface area (Å²) >= 11 is 0. The lowest BCUT2D eigenvalue weighted by atomic mass is 9.97. The first-order chi connectivity index (χ1) is 14.5. The number of benzene rings is 1. The number of rotatable bonds is 5. The van der Waals surface area contributed by atoms with Crippen molar-refractivity contribution in [1.29, 1.82) is 5.26 Å². The van der Waals surface area contributed by atoms with E-state index < -0.39 is 11.6 Å². The first kappa shape index (κ1) is 19.6. The number of pyridine rings is 1. The zero-order chi connectivity index (χ0) is 21.4. The second-order valence-corrected chi connectivity index (χ2v) is 6.89. The van der Waals surface area contributed by atoms with E-state index in [1.807, 2.05) is 12.1 Å². The maximum absolute atomic E-state index is 14.8. The third-order valence-electron chi connectivity index (χ3n) is 5.14. The molecule has 0 N–H and O–H groups in total. The molecule has 0 aliphatic heterocycles. The molecule has 0 radical (unpaired) electrons. The smallest absolute Gasteiger partial charge is 0.171 e. The minimum atomic E-state index is -0.756. The van der Waals surface area contributed by atoms with Crippen molar-refractivity contribution in [3.8, 4) is 28.7 Å². The summed E-state index contributed by atoms with van der Waals surface area (Å²) in [6.07, 6.45) is 5.91. The van der Waals surface area contributed by atoms with Crippen molar-refractivity contribution >= 4 is 5.57 Å². The highest BCUT2D eigenvalue weighted by Gasteiger charge is 2.24. The van der Waals surface area contributed by atoms with Crippen LogP contribution in [0.1, 0.15) is 22.5 Å². The molecule has 0 spiro atoms. The van der Waals surface area contributed by atoms with Crippen molar-refractivity contribution in [1.82, 2.24) is 14.8 Å². The molecule has 1 aromatic carbocycles. The predicted octanol–water partition coefficient (Wildman–Crippen LogP) is 3.83. The van der Waals surface area contributed by atoms with Gasteiger partial charge in [-0.1, -0.05) is 6.08 Å². The Morgan fingerprint density at radius 2 is 1.83 bits per heavy atom. The van der Waals surface area contributed by atoms with Crippen LogP contribution in [0.4, 0.5) is 8.78 Å². The molecule has 0 amide bonds. The van der Waals surface area contributed by atoms with Crippen molar-refractivity contribution in [3.05, 3.63) is 64.8 Å². The van der Waals surface area contributed by atoms with Crippen LogP contribution in [0.25, 0.3) is 16.7 Å². The Bertz CT molecular complexity index is 1200. The Labute approximate surface area is 172 Å². The van der Waals surface area contributed by atoms with E-state index in [1.54, 1.807) is 24.1 Å². The van der Waals surface area contributed by atoms with Crippen molar-refractivity contribution < 1.29 is 18.3 Å². The lowest BCUT2D eigenvalue weighted by Gasteiger charge is -2.14. The number of fused-ring (bicyclic) bond motifs is 1. The minimum Gasteiger partial charge on any atom is -0.494 e. The Kier molecular flexibility index (Phi) is 4.96. The SMILES string of the molecule is COc1cc(OC)c(F)c(CC2=CCc3ncc(-c4cn(C)nc4C#N)cc32)c1F. The van der Waals surface area contributed by atoms with Crippen molar-refractivity contribution in [2.75, 3.05) is 14.2 Å². The van der Waals surface area contributed by atoms with Gasteiger partial charge in [0, 0.05) is 60.6 Å². The zero-order valence-corrected chi connectivity index (χ0v) is 16.7. The van der Waals surface area contributed by atoms with Crippen molar-refractivity contribution in [3.63, 3.8) is 0 Å². The molecule has 2 heterocycles. The summed E-state index contributed by atoms with van der Waals surface area (Å²) in [7, 11) is 4.37. The van der Waals surface area contributed by atoms with Gasteiger partial charge in [-0.25, -0.2) is 8.78 Å². The number of nitrogens with zero attached hydrogens (tertiary/aromatic N) is 4. The van der Waals surface area contributed by atoms with Gasteiger partial charge >= 0.3 is 0 Å². The summed E-state index contributed by atoms with van der Waals surface area (Å²) in [4.78, 5) is 4.49. The largest absolute Gasteiger partial charge is 0.494 e. The molecule has 30 heavy (non-hydrogen) atoms. The van der Waals surface area contributed by atoms with Crippen molar-refractivity contribution in [2.24, 2.45) is 7.05 Å². The van der Waals surface area contributed by atoms with Gasteiger partial charge < -0.3 is 9.47 Å². The maximum atomic E-state index is 14.8. The number of hydrogen-bond donors (Lipinski definition) is 0. The number of halogens is 2. The molecule has 6 nitrogen and oxygen atoms in total. The van der Waals surface area contributed by atoms with E-state index in [9.17, 15) is 14.0 Å². The van der Waals surface area contributed by atoms with Crippen LogP contribution in [-0.4, -0.2) is 29.0 Å². The number of aryl methyl sites for hydroxylation is 1. The number of ether oxygens (including phenoxy) is 2. The molecule has 0 atom stereocenters. The second kappa shape index (κ2) is 7.59. The van der Waals surface area contributed by atoms with Crippen LogP contribution >= 0.6 is 0 Å². The van der Waals surface area contributed by atoms with Gasteiger partial charge in [0.1, 0.15) is 6.07 Å². The third kappa shape index (κ3) is 3.18. The number of hydrogen-bond acceptors (Lipinski definition) is 5. The fourth-order valence-electron chi connectivity index (χ4n) is 3.64. The van der Waals surface area contributed by atoms with E-state index >= 15 is 0 Å². The maximum Gasteiger partial charge on any atom is 0.171 e. The third-order valence-corrected chi connectivity index (χ3v) is 5.14. The van der Waals surface area contributed by atoms with Gasteiger partial charge in [-0.3, -0.25) is 9.67 Å². The van der Waals surface area contributed by atoms with Gasteiger partial charge in [-0.15, -0.1) is 0 Å². The first-order valence-electron chi connectivity index (χ1n) is 9.18. The molecule has 1 aliphatic carbocycles. The van der Waals surface area contributed by atoms with Crippen LogP contribution in [0.2, 0.25) is 0 Å². The lowest BCUT2D eigenvalue weighted by Crippen LogP contribution is -2.03. The van der Waals surface area contributed by atoms with Crippen LogP contribution in [0, 0.1) is 23.0 Å². The summed E-state index contributed by atoms with van der Waals surface area (Å²) in [5.41, 5.74) is 3.88. The normalized spacial score (nSPS) is 12.3. The van der Waals surface area contributed by atoms with Gasteiger partial charge in [0.2, 0.25) is 0 Å². The Balaban J connectivity index is 1.75. The molecule has 4 rings (SSSR count). The summed E-state index contributed by atoms with van der Waals surface area (Å²) in [5.74, 6) is -1.67. The van der Waals surface area contributed by atoms with Crippen molar-refractivity contribution in [2.45, 2.75) is 12.8 Å². The number of aromatic nitrogens is 3. The summed E-state index contributed by atoms with van der Waals surface area (Å²) in [5, 5.41) is 13.5. The molecule has 2 aromatic heterocycles.